The van der Waals surface area contributed by atoms with Crippen molar-refractivity contribution in [1.82, 2.24) is 9.47 Å². The number of methoxy groups -OCH3 is 1. The normalized spacial score (nSPS) is 10.8. The van der Waals surface area contributed by atoms with Gasteiger partial charge in [0.1, 0.15) is 12.2 Å². The lowest BCUT2D eigenvalue weighted by Gasteiger charge is -2.21. The molecule has 0 fully saturated rings. The van der Waals surface area contributed by atoms with Gasteiger partial charge in [-0.25, -0.2) is 8.78 Å². The quantitative estimate of drug-likeness (QED) is 0.773. The molecule has 0 unspecified atom stereocenters. The maximum Gasteiger partial charge on any atom is 0.323 e. The number of carboxylic acids is 1. The van der Waals surface area contributed by atoms with Gasteiger partial charge in [0.15, 0.2) is 0 Å². The van der Waals surface area contributed by atoms with Gasteiger partial charge < -0.3 is 19.3 Å². The molecule has 1 aromatic rings. The molecule has 0 saturated heterocycles. The highest BCUT2D eigenvalue weighted by Gasteiger charge is 2.21. The van der Waals surface area contributed by atoms with Crippen molar-refractivity contribution >= 4 is 11.9 Å². The number of aromatic nitrogens is 1. The summed E-state index contributed by atoms with van der Waals surface area (Å²) < 4.78 is 30.7. The molecule has 0 aliphatic heterocycles. The Labute approximate surface area is 114 Å². The largest absolute Gasteiger partial charge is 0.480 e. The number of hydrogen-bond acceptors (Lipinski definition) is 3. The van der Waals surface area contributed by atoms with E-state index in [1.54, 1.807) is 0 Å². The molecule has 1 rings (SSSR count). The fraction of sp³-hybridized carbons (Fsp3) is 0.500. The lowest BCUT2D eigenvalue weighted by atomic mass is 10.3. The van der Waals surface area contributed by atoms with Crippen LogP contribution >= 0.6 is 0 Å². The minimum Gasteiger partial charge on any atom is -0.480 e. The first kappa shape index (κ1) is 16.1. The van der Waals surface area contributed by atoms with Gasteiger partial charge in [0.25, 0.3) is 12.3 Å². The summed E-state index contributed by atoms with van der Waals surface area (Å²) in [6.45, 7) is -0.891. The number of carbonyl (C=O) groups is 2. The van der Waals surface area contributed by atoms with E-state index in [-0.39, 0.29) is 18.8 Å². The molecule has 1 amide bonds. The summed E-state index contributed by atoms with van der Waals surface area (Å²) >= 11 is 0. The third-order valence-electron chi connectivity index (χ3n) is 2.56. The van der Waals surface area contributed by atoms with Gasteiger partial charge in [-0.3, -0.25) is 9.59 Å². The van der Waals surface area contributed by atoms with Crippen molar-refractivity contribution < 1.29 is 28.2 Å². The van der Waals surface area contributed by atoms with Crippen molar-refractivity contribution in [2.75, 3.05) is 26.8 Å². The summed E-state index contributed by atoms with van der Waals surface area (Å²) in [5, 5.41) is 8.78. The maximum absolute atomic E-state index is 12.4. The smallest absolute Gasteiger partial charge is 0.323 e. The van der Waals surface area contributed by atoms with E-state index in [1.807, 2.05) is 0 Å². The van der Waals surface area contributed by atoms with Crippen molar-refractivity contribution in [2.24, 2.45) is 0 Å². The Morgan fingerprint density at radius 2 is 2.20 bits per heavy atom. The summed E-state index contributed by atoms with van der Waals surface area (Å²) in [5.74, 6) is -1.79. The average molecular weight is 290 g/mol. The minimum atomic E-state index is -2.60. The summed E-state index contributed by atoms with van der Waals surface area (Å²) in [5.41, 5.74) is 0.0302. The standard InChI is InChI=1S/C12H16F2N2O4/c1-20-6-5-16(8-11(17)18)12(19)9-3-2-4-15(9)7-10(13)14/h2-4,10H,5-8H2,1H3,(H,17,18). The summed E-state index contributed by atoms with van der Waals surface area (Å²) in [6.07, 6.45) is -1.24. The van der Waals surface area contributed by atoms with E-state index in [0.29, 0.717) is 0 Å². The van der Waals surface area contributed by atoms with E-state index in [1.165, 1.54) is 25.4 Å². The number of aliphatic carboxylic acids is 1. The molecular weight excluding hydrogens is 274 g/mol. The van der Waals surface area contributed by atoms with E-state index in [4.69, 9.17) is 9.84 Å². The van der Waals surface area contributed by atoms with Crippen molar-refractivity contribution in [1.29, 1.82) is 0 Å². The van der Waals surface area contributed by atoms with Crippen LogP contribution < -0.4 is 0 Å². The zero-order valence-electron chi connectivity index (χ0n) is 11.0. The van der Waals surface area contributed by atoms with Gasteiger partial charge in [0.05, 0.1) is 13.2 Å². The second-order valence-corrected chi connectivity index (χ2v) is 4.05. The van der Waals surface area contributed by atoms with Crippen LogP contribution in [0.2, 0.25) is 0 Å². The van der Waals surface area contributed by atoms with Gasteiger partial charge in [-0.05, 0) is 12.1 Å². The molecule has 0 aromatic carbocycles. The average Bonchev–Trinajstić information content (AvgIpc) is 2.80. The number of hydrogen-bond donors (Lipinski definition) is 1. The van der Waals surface area contributed by atoms with Crippen molar-refractivity contribution in [3.63, 3.8) is 0 Å². The third-order valence-corrected chi connectivity index (χ3v) is 2.56. The Morgan fingerprint density at radius 3 is 2.75 bits per heavy atom. The maximum atomic E-state index is 12.4. The Hall–Kier alpha value is -1.96. The van der Waals surface area contributed by atoms with Gasteiger partial charge >= 0.3 is 5.97 Å². The molecule has 0 radical (unpaired) electrons. The summed E-state index contributed by atoms with van der Waals surface area (Å²) in [4.78, 5) is 24.0. The van der Waals surface area contributed by atoms with Crippen molar-refractivity contribution in [3.8, 4) is 0 Å². The number of halogens is 2. The predicted octanol–water partition coefficient (Wildman–Crippen LogP) is 0.926. The molecule has 1 heterocycles. The number of carbonyl (C=O) groups excluding carboxylic acids is 1. The highest BCUT2D eigenvalue weighted by atomic mass is 19.3. The van der Waals surface area contributed by atoms with Crippen LogP contribution in [-0.2, 0) is 16.1 Å². The first-order valence-electron chi connectivity index (χ1n) is 5.89. The van der Waals surface area contributed by atoms with E-state index >= 15 is 0 Å². The highest BCUT2D eigenvalue weighted by molar-refractivity contribution is 5.94. The fourth-order valence-corrected chi connectivity index (χ4v) is 1.70. The van der Waals surface area contributed by atoms with E-state index in [9.17, 15) is 18.4 Å². The molecule has 8 heteroatoms. The van der Waals surface area contributed by atoms with Crippen LogP contribution in [0.3, 0.4) is 0 Å². The molecule has 0 saturated carbocycles. The van der Waals surface area contributed by atoms with Crippen LogP contribution in [0.4, 0.5) is 8.78 Å². The monoisotopic (exact) mass is 290 g/mol. The first-order valence-corrected chi connectivity index (χ1v) is 5.89. The van der Waals surface area contributed by atoms with E-state index < -0.39 is 31.4 Å². The number of nitrogens with zero attached hydrogens (tertiary/aromatic N) is 2. The molecule has 0 aliphatic carbocycles. The second-order valence-electron chi connectivity index (χ2n) is 4.05. The summed E-state index contributed by atoms with van der Waals surface area (Å²) in [7, 11) is 1.42. The van der Waals surface area contributed by atoms with Crippen LogP contribution in [0, 0.1) is 0 Å². The van der Waals surface area contributed by atoms with Crippen LogP contribution in [0.1, 0.15) is 10.5 Å². The second kappa shape index (κ2) is 7.59. The molecular formula is C12H16F2N2O4. The van der Waals surface area contributed by atoms with Gasteiger partial charge in [0.2, 0.25) is 0 Å². The van der Waals surface area contributed by atoms with Crippen LogP contribution in [0.25, 0.3) is 0 Å². The van der Waals surface area contributed by atoms with Crippen LogP contribution in [0.15, 0.2) is 18.3 Å². The Balaban J connectivity index is 2.87. The van der Waals surface area contributed by atoms with E-state index in [0.717, 1.165) is 9.47 Å². The first-order chi connectivity index (χ1) is 9.45. The van der Waals surface area contributed by atoms with Gasteiger partial charge in [-0.15, -0.1) is 0 Å². The topological polar surface area (TPSA) is 71.8 Å². The van der Waals surface area contributed by atoms with Gasteiger partial charge in [-0.1, -0.05) is 0 Å². The Bertz CT molecular complexity index is 462. The van der Waals surface area contributed by atoms with Gasteiger partial charge in [0, 0.05) is 19.9 Å². The fourth-order valence-electron chi connectivity index (χ4n) is 1.70. The molecule has 0 atom stereocenters. The van der Waals surface area contributed by atoms with Gasteiger partial charge in [-0.2, -0.15) is 0 Å². The molecule has 1 aromatic heterocycles. The lowest BCUT2D eigenvalue weighted by Crippen LogP contribution is -2.39. The predicted molar refractivity (Wildman–Crippen MR) is 65.9 cm³/mol. The highest BCUT2D eigenvalue weighted by Crippen LogP contribution is 2.10. The zero-order valence-corrected chi connectivity index (χ0v) is 11.0. The zero-order chi connectivity index (χ0) is 15.1. The van der Waals surface area contributed by atoms with Crippen molar-refractivity contribution in [2.45, 2.75) is 13.0 Å². The van der Waals surface area contributed by atoms with Crippen LogP contribution in [-0.4, -0.2) is 59.7 Å². The number of ether oxygens (including phenoxy) is 1. The van der Waals surface area contributed by atoms with Crippen molar-refractivity contribution in [3.05, 3.63) is 24.0 Å². The SMILES string of the molecule is COCCN(CC(=O)O)C(=O)c1cccn1CC(F)F. The lowest BCUT2D eigenvalue weighted by molar-refractivity contribution is -0.137. The number of carboxylic acid groups (broad SMARTS) is 1. The Kier molecular flexibility index (Phi) is 6.10. The van der Waals surface area contributed by atoms with E-state index in [2.05, 4.69) is 0 Å². The molecule has 0 spiro atoms. The molecule has 0 aliphatic rings. The third kappa shape index (κ3) is 4.61. The number of rotatable bonds is 8. The molecule has 0 bridgehead atoms. The molecule has 20 heavy (non-hydrogen) atoms. The minimum absolute atomic E-state index is 0.0302. The molecule has 112 valence electrons. The summed E-state index contributed by atoms with van der Waals surface area (Å²) in [6, 6.07) is 2.84. The number of amides is 1. The van der Waals surface area contributed by atoms with Crippen LogP contribution in [0.5, 0.6) is 0 Å². The molecule has 1 N–H and O–H groups in total. The number of alkyl halides is 2. The molecule has 6 nitrogen and oxygen atoms in total. The Morgan fingerprint density at radius 1 is 1.50 bits per heavy atom.